The van der Waals surface area contributed by atoms with Crippen LogP contribution in [0.3, 0.4) is 0 Å². The first-order chi connectivity index (χ1) is 6.93. The van der Waals surface area contributed by atoms with E-state index in [-0.39, 0.29) is 11.1 Å². The topological polar surface area (TPSA) is 24.5 Å². The van der Waals surface area contributed by atoms with Gasteiger partial charge in [-0.05, 0) is 27.2 Å². The van der Waals surface area contributed by atoms with E-state index in [1.165, 1.54) is 6.42 Å². The molecule has 0 bridgehead atoms. The molecule has 0 aliphatic carbocycles. The van der Waals surface area contributed by atoms with Gasteiger partial charge in [-0.2, -0.15) is 0 Å². The summed E-state index contributed by atoms with van der Waals surface area (Å²) in [6.07, 6.45) is 1.17. The standard InChI is InChI=1S/C12H26N2O/c1-6-12(4)9-14(8-7-13-12)11(2,3)10-15-5/h13H,6-10H2,1-5H3. The number of nitrogens with one attached hydrogen (secondary N) is 1. The Kier molecular flexibility index (Phi) is 4.15. The minimum atomic E-state index is 0.146. The third kappa shape index (κ3) is 3.16. The largest absolute Gasteiger partial charge is 0.383 e. The summed E-state index contributed by atoms with van der Waals surface area (Å²) in [5.74, 6) is 0. The molecule has 90 valence electrons. The maximum atomic E-state index is 5.30. The van der Waals surface area contributed by atoms with Crippen LogP contribution < -0.4 is 5.32 Å². The lowest BCUT2D eigenvalue weighted by Crippen LogP contribution is -2.64. The van der Waals surface area contributed by atoms with Crippen molar-refractivity contribution in [2.45, 2.75) is 45.2 Å². The molecule has 3 nitrogen and oxygen atoms in total. The smallest absolute Gasteiger partial charge is 0.0641 e. The minimum Gasteiger partial charge on any atom is -0.383 e. The first kappa shape index (κ1) is 12.9. The molecule has 1 atom stereocenters. The summed E-state index contributed by atoms with van der Waals surface area (Å²) in [7, 11) is 1.78. The Morgan fingerprint density at radius 2 is 2.13 bits per heavy atom. The molecule has 0 aromatic rings. The van der Waals surface area contributed by atoms with Crippen molar-refractivity contribution in [1.82, 2.24) is 10.2 Å². The molecule has 0 amide bonds. The molecule has 1 rings (SSSR count). The number of rotatable bonds is 4. The highest BCUT2D eigenvalue weighted by atomic mass is 16.5. The fraction of sp³-hybridized carbons (Fsp3) is 1.00. The third-order valence-corrected chi connectivity index (χ3v) is 3.61. The van der Waals surface area contributed by atoms with E-state index in [2.05, 4.69) is 37.9 Å². The number of nitrogens with zero attached hydrogens (tertiary/aromatic N) is 1. The normalized spacial score (nSPS) is 29.4. The van der Waals surface area contributed by atoms with Crippen molar-refractivity contribution in [3.8, 4) is 0 Å². The zero-order chi connectivity index (χ0) is 11.5. The average molecular weight is 214 g/mol. The average Bonchev–Trinajstić information content (AvgIpc) is 2.18. The van der Waals surface area contributed by atoms with Crippen molar-refractivity contribution in [3.63, 3.8) is 0 Å². The van der Waals surface area contributed by atoms with Crippen LogP contribution in [0.4, 0.5) is 0 Å². The highest BCUT2D eigenvalue weighted by molar-refractivity contribution is 4.95. The van der Waals surface area contributed by atoms with Crippen LogP contribution >= 0.6 is 0 Å². The maximum Gasteiger partial charge on any atom is 0.0641 e. The van der Waals surface area contributed by atoms with Crippen LogP contribution in [0.1, 0.15) is 34.1 Å². The second-order valence-electron chi connectivity index (χ2n) is 5.51. The Hall–Kier alpha value is -0.120. The van der Waals surface area contributed by atoms with Gasteiger partial charge >= 0.3 is 0 Å². The van der Waals surface area contributed by atoms with Gasteiger partial charge in [-0.15, -0.1) is 0 Å². The Bertz CT molecular complexity index is 206. The molecule has 15 heavy (non-hydrogen) atoms. The van der Waals surface area contributed by atoms with Crippen LogP contribution in [0.2, 0.25) is 0 Å². The monoisotopic (exact) mass is 214 g/mol. The van der Waals surface area contributed by atoms with Gasteiger partial charge in [0.05, 0.1) is 6.61 Å². The van der Waals surface area contributed by atoms with E-state index in [0.29, 0.717) is 0 Å². The molecule has 1 aliphatic rings. The zero-order valence-corrected chi connectivity index (χ0v) is 10.9. The number of ether oxygens (including phenoxy) is 1. The van der Waals surface area contributed by atoms with Gasteiger partial charge in [-0.1, -0.05) is 6.92 Å². The zero-order valence-electron chi connectivity index (χ0n) is 10.9. The van der Waals surface area contributed by atoms with Crippen LogP contribution in [-0.4, -0.2) is 49.3 Å². The molecule has 3 heteroatoms. The van der Waals surface area contributed by atoms with Gasteiger partial charge in [-0.3, -0.25) is 4.90 Å². The van der Waals surface area contributed by atoms with E-state index < -0.39 is 0 Å². The van der Waals surface area contributed by atoms with Gasteiger partial charge in [0.15, 0.2) is 0 Å². The number of methoxy groups -OCH3 is 1. The van der Waals surface area contributed by atoms with Crippen molar-refractivity contribution in [2.75, 3.05) is 33.4 Å². The molecule has 1 N–H and O–H groups in total. The molecule has 1 aliphatic heterocycles. The molecule has 0 aromatic heterocycles. The van der Waals surface area contributed by atoms with Gasteiger partial charge in [-0.25, -0.2) is 0 Å². The van der Waals surface area contributed by atoms with E-state index in [1.54, 1.807) is 7.11 Å². The highest BCUT2D eigenvalue weighted by Gasteiger charge is 2.35. The van der Waals surface area contributed by atoms with Crippen molar-refractivity contribution in [1.29, 1.82) is 0 Å². The lowest BCUT2D eigenvalue weighted by Gasteiger charge is -2.48. The number of piperazine rings is 1. The summed E-state index contributed by atoms with van der Waals surface area (Å²) in [6.45, 7) is 13.2. The van der Waals surface area contributed by atoms with Crippen LogP contribution in [0.5, 0.6) is 0 Å². The van der Waals surface area contributed by atoms with Gasteiger partial charge in [0.25, 0.3) is 0 Å². The molecule has 1 saturated heterocycles. The summed E-state index contributed by atoms with van der Waals surface area (Å²) in [5, 5.41) is 3.61. The Labute approximate surface area is 94.2 Å². The Balaban J connectivity index is 2.63. The van der Waals surface area contributed by atoms with Crippen molar-refractivity contribution >= 4 is 0 Å². The maximum absolute atomic E-state index is 5.30. The lowest BCUT2D eigenvalue weighted by atomic mass is 9.92. The summed E-state index contributed by atoms with van der Waals surface area (Å²) in [4.78, 5) is 2.54. The molecule has 0 spiro atoms. The molecule has 1 heterocycles. The fourth-order valence-corrected chi connectivity index (χ4v) is 2.25. The van der Waals surface area contributed by atoms with Crippen LogP contribution in [0.15, 0.2) is 0 Å². The molecule has 1 unspecified atom stereocenters. The molecular weight excluding hydrogens is 188 g/mol. The SMILES string of the molecule is CCC1(C)CN(C(C)(C)COC)CCN1. The van der Waals surface area contributed by atoms with E-state index in [0.717, 1.165) is 26.2 Å². The molecule has 0 radical (unpaired) electrons. The van der Waals surface area contributed by atoms with Crippen LogP contribution in [0, 0.1) is 0 Å². The lowest BCUT2D eigenvalue weighted by molar-refractivity contribution is -0.000719. The van der Waals surface area contributed by atoms with E-state index in [1.807, 2.05) is 0 Å². The Morgan fingerprint density at radius 1 is 1.47 bits per heavy atom. The quantitative estimate of drug-likeness (QED) is 0.767. The highest BCUT2D eigenvalue weighted by Crippen LogP contribution is 2.22. The van der Waals surface area contributed by atoms with E-state index in [4.69, 9.17) is 4.74 Å². The van der Waals surface area contributed by atoms with Crippen molar-refractivity contribution in [3.05, 3.63) is 0 Å². The van der Waals surface area contributed by atoms with Crippen LogP contribution in [0.25, 0.3) is 0 Å². The van der Waals surface area contributed by atoms with Gasteiger partial charge in [0.2, 0.25) is 0 Å². The number of hydrogen-bond donors (Lipinski definition) is 1. The first-order valence-electron chi connectivity index (χ1n) is 5.92. The summed E-state index contributed by atoms with van der Waals surface area (Å²) >= 11 is 0. The molecular formula is C12H26N2O. The van der Waals surface area contributed by atoms with E-state index in [9.17, 15) is 0 Å². The Morgan fingerprint density at radius 3 is 2.67 bits per heavy atom. The predicted octanol–water partition coefficient (Wildman–Crippen LogP) is 1.49. The van der Waals surface area contributed by atoms with Crippen LogP contribution in [-0.2, 0) is 4.74 Å². The fourth-order valence-electron chi connectivity index (χ4n) is 2.25. The van der Waals surface area contributed by atoms with E-state index >= 15 is 0 Å². The van der Waals surface area contributed by atoms with Gasteiger partial charge in [0, 0.05) is 37.8 Å². The van der Waals surface area contributed by atoms with Crippen molar-refractivity contribution < 1.29 is 4.74 Å². The predicted molar refractivity (Wildman–Crippen MR) is 64.2 cm³/mol. The molecule has 1 fully saturated rings. The summed E-state index contributed by atoms with van der Waals surface area (Å²) in [5.41, 5.74) is 0.413. The third-order valence-electron chi connectivity index (χ3n) is 3.61. The van der Waals surface area contributed by atoms with Gasteiger partial charge in [0.1, 0.15) is 0 Å². The molecule has 0 saturated carbocycles. The second kappa shape index (κ2) is 4.81. The van der Waals surface area contributed by atoms with Crippen molar-refractivity contribution in [2.24, 2.45) is 0 Å². The second-order valence-corrected chi connectivity index (χ2v) is 5.51. The summed E-state index contributed by atoms with van der Waals surface area (Å²) < 4.78 is 5.30. The summed E-state index contributed by atoms with van der Waals surface area (Å²) in [6, 6.07) is 0. The first-order valence-corrected chi connectivity index (χ1v) is 5.92. The minimum absolute atomic E-state index is 0.146. The van der Waals surface area contributed by atoms with Gasteiger partial charge < -0.3 is 10.1 Å². The molecule has 0 aromatic carbocycles. The number of hydrogen-bond acceptors (Lipinski definition) is 3.